The third-order valence-electron chi connectivity index (χ3n) is 4.85. The van der Waals surface area contributed by atoms with Crippen LogP contribution in [0.25, 0.3) is 6.08 Å². The fraction of sp³-hybridized carbons (Fsp3) is 0.381. The number of aromatic nitrogens is 2. The Morgan fingerprint density at radius 1 is 1.18 bits per heavy atom. The summed E-state index contributed by atoms with van der Waals surface area (Å²) in [6.45, 7) is 2.50. The molecule has 2 heterocycles. The normalized spacial score (nSPS) is 14.9. The lowest BCUT2D eigenvalue weighted by atomic mass is 9.97. The number of hydrogen-bond acceptors (Lipinski definition) is 6. The van der Waals surface area contributed by atoms with Crippen molar-refractivity contribution in [2.75, 3.05) is 38.8 Å². The monoisotopic (exact) mass is 382 g/mol. The van der Waals surface area contributed by atoms with E-state index < -0.39 is 0 Å². The molecular formula is C21H26N4O3. The van der Waals surface area contributed by atoms with Crippen molar-refractivity contribution in [1.29, 1.82) is 0 Å². The van der Waals surface area contributed by atoms with E-state index >= 15 is 0 Å². The van der Waals surface area contributed by atoms with Crippen LogP contribution < -0.4 is 19.7 Å². The third-order valence-corrected chi connectivity index (χ3v) is 4.85. The summed E-state index contributed by atoms with van der Waals surface area (Å²) < 4.78 is 10.5. The van der Waals surface area contributed by atoms with Crippen LogP contribution in [0.2, 0.25) is 0 Å². The molecule has 0 spiro atoms. The topological polar surface area (TPSA) is 76.6 Å². The highest BCUT2D eigenvalue weighted by molar-refractivity contribution is 5.91. The quantitative estimate of drug-likeness (QED) is 0.742. The summed E-state index contributed by atoms with van der Waals surface area (Å²) in [5, 5.41) is 3.00. The van der Waals surface area contributed by atoms with Gasteiger partial charge in [0.15, 0.2) is 11.5 Å². The second-order valence-corrected chi connectivity index (χ2v) is 6.67. The summed E-state index contributed by atoms with van der Waals surface area (Å²) in [5.41, 5.74) is 0.879. The maximum Gasteiger partial charge on any atom is 0.244 e. The molecule has 1 N–H and O–H groups in total. The van der Waals surface area contributed by atoms with Crippen molar-refractivity contribution in [1.82, 2.24) is 15.3 Å². The zero-order valence-corrected chi connectivity index (χ0v) is 16.3. The van der Waals surface area contributed by atoms with Gasteiger partial charge >= 0.3 is 0 Å². The van der Waals surface area contributed by atoms with Gasteiger partial charge in [0.05, 0.1) is 14.2 Å². The molecule has 0 atom stereocenters. The summed E-state index contributed by atoms with van der Waals surface area (Å²) in [5.74, 6) is 2.46. The summed E-state index contributed by atoms with van der Waals surface area (Å²) in [6.07, 6.45) is 8.87. The smallest absolute Gasteiger partial charge is 0.244 e. The summed E-state index contributed by atoms with van der Waals surface area (Å²) >= 11 is 0. The van der Waals surface area contributed by atoms with Crippen LogP contribution >= 0.6 is 0 Å². The molecule has 7 heteroatoms. The zero-order chi connectivity index (χ0) is 19.8. The molecule has 1 aromatic carbocycles. The van der Waals surface area contributed by atoms with Crippen molar-refractivity contribution < 1.29 is 14.3 Å². The molecule has 0 radical (unpaired) electrons. The SMILES string of the molecule is COc1ccc(/C=C/C(=O)NCC2CCN(c3ncccn3)CC2)cc1OC. The standard InChI is InChI=1S/C21H26N4O3/c1-27-18-6-4-16(14-19(18)28-2)5-7-20(26)24-15-17-8-12-25(13-9-17)21-22-10-3-11-23-21/h3-7,10-11,14,17H,8-9,12-13,15H2,1-2H3,(H,24,26)/b7-5+. The van der Waals surface area contributed by atoms with Crippen LogP contribution in [0.5, 0.6) is 11.5 Å². The van der Waals surface area contributed by atoms with Gasteiger partial charge in [0.1, 0.15) is 0 Å². The number of piperidine rings is 1. The first-order valence-electron chi connectivity index (χ1n) is 9.39. The molecule has 1 amide bonds. The predicted octanol–water partition coefficient (Wildman–Crippen LogP) is 2.54. The van der Waals surface area contributed by atoms with E-state index in [0.717, 1.165) is 37.4 Å². The molecule has 3 rings (SSSR count). The van der Waals surface area contributed by atoms with Gasteiger partial charge < -0.3 is 19.7 Å². The van der Waals surface area contributed by atoms with E-state index in [2.05, 4.69) is 20.2 Å². The van der Waals surface area contributed by atoms with Crippen LogP contribution in [-0.2, 0) is 4.79 Å². The molecule has 1 saturated heterocycles. The molecular weight excluding hydrogens is 356 g/mol. The predicted molar refractivity (Wildman–Crippen MR) is 109 cm³/mol. The molecule has 0 aliphatic carbocycles. The first-order chi connectivity index (χ1) is 13.7. The number of nitrogens with one attached hydrogen (secondary N) is 1. The summed E-state index contributed by atoms with van der Waals surface area (Å²) in [4.78, 5) is 22.9. The van der Waals surface area contributed by atoms with Gasteiger partial charge in [-0.15, -0.1) is 0 Å². The van der Waals surface area contributed by atoms with E-state index in [1.165, 1.54) is 0 Å². The van der Waals surface area contributed by atoms with Crippen LogP contribution in [0.15, 0.2) is 42.7 Å². The van der Waals surface area contributed by atoms with E-state index in [9.17, 15) is 4.79 Å². The maximum atomic E-state index is 12.1. The highest BCUT2D eigenvalue weighted by Crippen LogP contribution is 2.28. The van der Waals surface area contributed by atoms with Gasteiger partial charge in [-0.05, 0) is 48.6 Å². The van der Waals surface area contributed by atoms with Crippen molar-refractivity contribution in [3.05, 3.63) is 48.3 Å². The number of nitrogens with zero attached hydrogens (tertiary/aromatic N) is 3. The molecule has 1 aliphatic heterocycles. The van der Waals surface area contributed by atoms with Crippen molar-refractivity contribution in [3.63, 3.8) is 0 Å². The minimum Gasteiger partial charge on any atom is -0.493 e. The number of methoxy groups -OCH3 is 2. The summed E-state index contributed by atoms with van der Waals surface area (Å²) in [7, 11) is 3.19. The van der Waals surface area contributed by atoms with Crippen molar-refractivity contribution in [2.45, 2.75) is 12.8 Å². The minimum atomic E-state index is -0.0939. The largest absolute Gasteiger partial charge is 0.493 e. The number of benzene rings is 1. The van der Waals surface area contributed by atoms with Gasteiger partial charge in [0.25, 0.3) is 0 Å². The molecule has 1 fully saturated rings. The Labute approximate surface area is 165 Å². The second-order valence-electron chi connectivity index (χ2n) is 6.67. The highest BCUT2D eigenvalue weighted by Gasteiger charge is 2.20. The van der Waals surface area contributed by atoms with Crippen molar-refractivity contribution in [3.8, 4) is 11.5 Å². The Morgan fingerprint density at radius 2 is 1.89 bits per heavy atom. The molecule has 1 aliphatic rings. The molecule has 0 bridgehead atoms. The van der Waals surface area contributed by atoms with Gasteiger partial charge in [-0.1, -0.05) is 6.07 Å². The first-order valence-corrected chi connectivity index (χ1v) is 9.39. The Morgan fingerprint density at radius 3 is 2.57 bits per heavy atom. The van der Waals surface area contributed by atoms with Crippen LogP contribution in [0.3, 0.4) is 0 Å². The second kappa shape index (κ2) is 9.73. The Kier molecular flexibility index (Phi) is 6.84. The minimum absolute atomic E-state index is 0.0939. The number of ether oxygens (including phenoxy) is 2. The van der Waals surface area contributed by atoms with Crippen LogP contribution in [0.1, 0.15) is 18.4 Å². The number of anilines is 1. The average molecular weight is 382 g/mol. The van der Waals surface area contributed by atoms with E-state index in [-0.39, 0.29) is 5.91 Å². The summed E-state index contributed by atoms with van der Waals surface area (Å²) in [6, 6.07) is 7.36. The lowest BCUT2D eigenvalue weighted by Crippen LogP contribution is -2.39. The number of carbonyl (C=O) groups excluding carboxylic acids is 1. The Balaban J connectivity index is 1.44. The van der Waals surface area contributed by atoms with Crippen LogP contribution in [0.4, 0.5) is 5.95 Å². The molecule has 148 valence electrons. The van der Waals surface area contributed by atoms with Gasteiger partial charge in [0, 0.05) is 38.1 Å². The molecule has 2 aromatic rings. The number of hydrogen-bond donors (Lipinski definition) is 1. The fourth-order valence-corrected chi connectivity index (χ4v) is 3.22. The molecule has 28 heavy (non-hydrogen) atoms. The fourth-order valence-electron chi connectivity index (χ4n) is 3.22. The maximum absolute atomic E-state index is 12.1. The molecule has 1 aromatic heterocycles. The third kappa shape index (κ3) is 5.22. The van der Waals surface area contributed by atoms with Gasteiger partial charge in [-0.3, -0.25) is 4.79 Å². The van der Waals surface area contributed by atoms with Gasteiger partial charge in [-0.2, -0.15) is 0 Å². The van der Waals surface area contributed by atoms with Gasteiger partial charge in [0.2, 0.25) is 11.9 Å². The lowest BCUT2D eigenvalue weighted by molar-refractivity contribution is -0.116. The molecule has 0 saturated carbocycles. The van der Waals surface area contributed by atoms with Crippen LogP contribution in [-0.4, -0.2) is 49.7 Å². The highest BCUT2D eigenvalue weighted by atomic mass is 16.5. The Bertz CT molecular complexity index is 803. The number of carbonyl (C=O) groups is 1. The number of amides is 1. The zero-order valence-electron chi connectivity index (χ0n) is 16.3. The van der Waals surface area contributed by atoms with Gasteiger partial charge in [-0.25, -0.2) is 9.97 Å². The van der Waals surface area contributed by atoms with E-state index in [0.29, 0.717) is 24.0 Å². The lowest BCUT2D eigenvalue weighted by Gasteiger charge is -2.31. The molecule has 0 unspecified atom stereocenters. The van der Waals surface area contributed by atoms with E-state index in [1.54, 1.807) is 38.8 Å². The first kappa shape index (κ1) is 19.7. The Hall–Kier alpha value is -3.09. The van der Waals surface area contributed by atoms with Crippen molar-refractivity contribution >= 4 is 17.9 Å². The van der Waals surface area contributed by atoms with E-state index in [1.807, 2.05) is 24.3 Å². The number of rotatable bonds is 7. The molecule has 7 nitrogen and oxygen atoms in total. The average Bonchev–Trinajstić information content (AvgIpc) is 2.77. The van der Waals surface area contributed by atoms with E-state index in [4.69, 9.17) is 9.47 Å². The van der Waals surface area contributed by atoms with Crippen molar-refractivity contribution in [2.24, 2.45) is 5.92 Å². The van der Waals surface area contributed by atoms with Crippen LogP contribution in [0, 0.1) is 5.92 Å².